The Bertz CT molecular complexity index is 777. The average molecular weight is 370 g/mol. The van der Waals surface area contributed by atoms with Crippen molar-refractivity contribution in [3.8, 4) is 0 Å². The zero-order valence-corrected chi connectivity index (χ0v) is 15.2. The molecule has 2 N–H and O–H groups in total. The van der Waals surface area contributed by atoms with Crippen LogP contribution in [0.2, 0.25) is 0 Å². The van der Waals surface area contributed by atoms with Crippen molar-refractivity contribution >= 4 is 21.9 Å². The number of hydrogen-bond acceptors (Lipinski definition) is 5. The van der Waals surface area contributed by atoms with E-state index >= 15 is 0 Å². The van der Waals surface area contributed by atoms with Gasteiger partial charge in [0.2, 0.25) is 10.0 Å². The molecule has 1 saturated heterocycles. The summed E-state index contributed by atoms with van der Waals surface area (Å²) in [6.07, 6.45) is -1.52. The third-order valence-corrected chi connectivity index (χ3v) is 5.45. The van der Waals surface area contributed by atoms with Gasteiger partial charge in [-0.05, 0) is 31.5 Å². The Balaban J connectivity index is 2.34. The van der Waals surface area contributed by atoms with Gasteiger partial charge in [-0.25, -0.2) is 17.9 Å². The molecule has 25 heavy (non-hydrogen) atoms. The molecule has 1 unspecified atom stereocenters. The van der Waals surface area contributed by atoms with Gasteiger partial charge in [-0.1, -0.05) is 13.0 Å². The van der Waals surface area contributed by atoms with Crippen molar-refractivity contribution < 1.29 is 27.9 Å². The van der Waals surface area contributed by atoms with Crippen molar-refractivity contribution in [2.24, 2.45) is 0 Å². The quantitative estimate of drug-likeness (QED) is 0.785. The van der Waals surface area contributed by atoms with E-state index in [0.717, 1.165) is 0 Å². The first kappa shape index (κ1) is 19.4. The number of amides is 1. The highest BCUT2D eigenvalue weighted by Crippen LogP contribution is 2.20. The van der Waals surface area contributed by atoms with Gasteiger partial charge in [-0.3, -0.25) is 4.79 Å². The average Bonchev–Trinajstić information content (AvgIpc) is 2.53. The van der Waals surface area contributed by atoms with Crippen molar-refractivity contribution in [2.75, 3.05) is 19.6 Å². The second-order valence-electron chi connectivity index (χ2n) is 5.96. The maximum atomic E-state index is 12.8. The van der Waals surface area contributed by atoms with Crippen LogP contribution in [0.3, 0.4) is 0 Å². The van der Waals surface area contributed by atoms with E-state index < -0.39 is 34.1 Å². The molecule has 0 saturated carbocycles. The number of nitrogens with zero attached hydrogens (tertiary/aromatic N) is 1. The van der Waals surface area contributed by atoms with Crippen molar-refractivity contribution in [1.82, 2.24) is 9.62 Å². The van der Waals surface area contributed by atoms with Crippen LogP contribution in [0.1, 0.15) is 29.8 Å². The first-order valence-corrected chi connectivity index (χ1v) is 9.42. The second-order valence-corrected chi connectivity index (χ2v) is 7.73. The minimum absolute atomic E-state index is 0.000563. The molecule has 1 aliphatic heterocycles. The molecule has 138 valence electrons. The van der Waals surface area contributed by atoms with E-state index in [2.05, 4.69) is 4.72 Å². The molecule has 1 amide bonds. The van der Waals surface area contributed by atoms with Crippen molar-refractivity contribution in [3.05, 3.63) is 29.3 Å². The Hall–Kier alpha value is -1.97. The number of nitrogens with one attached hydrogen (secondary N) is 1. The van der Waals surface area contributed by atoms with Crippen LogP contribution in [0, 0.1) is 6.92 Å². The highest BCUT2D eigenvalue weighted by atomic mass is 32.2. The zero-order chi connectivity index (χ0) is 18.8. The molecule has 0 spiro atoms. The molecule has 1 aliphatic rings. The summed E-state index contributed by atoms with van der Waals surface area (Å²) in [6.45, 7) is 5.46. The Morgan fingerprint density at radius 2 is 2.04 bits per heavy atom. The number of benzene rings is 1. The lowest BCUT2D eigenvalue weighted by Crippen LogP contribution is -2.51. The molecule has 0 radical (unpaired) electrons. The minimum atomic E-state index is -3.69. The number of carbonyl (C=O) groups excluding carboxylic acids is 1. The topological polar surface area (TPSA) is 113 Å². The van der Waals surface area contributed by atoms with E-state index in [1.165, 1.54) is 17.0 Å². The van der Waals surface area contributed by atoms with Gasteiger partial charge in [0.1, 0.15) is 0 Å². The number of aryl methyl sites for hydroxylation is 1. The van der Waals surface area contributed by atoms with Gasteiger partial charge in [0, 0.05) is 18.7 Å². The van der Waals surface area contributed by atoms with E-state index in [1.54, 1.807) is 26.8 Å². The molecule has 0 aliphatic carbocycles. The number of rotatable bonds is 5. The smallest absolute Gasteiger partial charge is 0.334 e. The molecule has 1 fully saturated rings. The number of carboxylic acid groups (broad SMARTS) is 1. The molecular weight excluding hydrogens is 348 g/mol. The molecule has 8 nitrogen and oxygen atoms in total. The van der Waals surface area contributed by atoms with E-state index in [9.17, 15) is 18.0 Å². The standard InChI is InChI=1S/C16H22N2O6S/c1-4-17-25(22,23)12-6-5-10(2)13(7-12)15(19)18-8-11(3)24-14(9-18)16(20)21/h5-7,11,14,17H,4,8-9H2,1-3H3,(H,20,21)/t11-,14?/m1/s1. The summed E-state index contributed by atoms with van der Waals surface area (Å²) < 4.78 is 32.0. The molecule has 0 bridgehead atoms. The summed E-state index contributed by atoms with van der Waals surface area (Å²) >= 11 is 0. The molecule has 1 heterocycles. The predicted molar refractivity (Wildman–Crippen MR) is 89.9 cm³/mol. The maximum Gasteiger partial charge on any atom is 0.334 e. The lowest BCUT2D eigenvalue weighted by atomic mass is 10.1. The van der Waals surface area contributed by atoms with Gasteiger partial charge in [0.25, 0.3) is 5.91 Å². The number of morpholine rings is 1. The van der Waals surface area contributed by atoms with E-state index in [1.807, 2.05) is 0 Å². The predicted octanol–water partition coefficient (Wildman–Crippen LogP) is 0.607. The van der Waals surface area contributed by atoms with Gasteiger partial charge in [0.15, 0.2) is 6.10 Å². The fourth-order valence-corrected chi connectivity index (χ4v) is 3.76. The van der Waals surface area contributed by atoms with Crippen LogP contribution in [0.15, 0.2) is 23.1 Å². The summed E-state index contributed by atoms with van der Waals surface area (Å²) in [5.41, 5.74) is 0.851. The van der Waals surface area contributed by atoms with Crippen molar-refractivity contribution in [1.29, 1.82) is 0 Å². The number of sulfonamides is 1. The first-order chi connectivity index (χ1) is 11.7. The van der Waals surface area contributed by atoms with Gasteiger partial charge >= 0.3 is 5.97 Å². The molecular formula is C16H22N2O6S. The lowest BCUT2D eigenvalue weighted by molar-refractivity contribution is -0.160. The van der Waals surface area contributed by atoms with E-state index in [-0.39, 0.29) is 30.1 Å². The van der Waals surface area contributed by atoms with E-state index in [0.29, 0.717) is 5.56 Å². The fourth-order valence-electron chi connectivity index (χ4n) is 2.70. The van der Waals surface area contributed by atoms with Crippen LogP contribution in [0.5, 0.6) is 0 Å². The number of hydrogen-bond donors (Lipinski definition) is 2. The Kier molecular flexibility index (Phi) is 5.81. The van der Waals surface area contributed by atoms with Crippen molar-refractivity contribution in [3.63, 3.8) is 0 Å². The molecule has 1 aromatic rings. The van der Waals surface area contributed by atoms with Gasteiger partial charge in [-0.15, -0.1) is 0 Å². The van der Waals surface area contributed by atoms with Gasteiger partial charge < -0.3 is 14.7 Å². The van der Waals surface area contributed by atoms with Crippen LogP contribution in [0.4, 0.5) is 0 Å². The number of aliphatic carboxylic acids is 1. The number of carbonyl (C=O) groups is 2. The minimum Gasteiger partial charge on any atom is -0.479 e. The lowest BCUT2D eigenvalue weighted by Gasteiger charge is -2.35. The number of carboxylic acids is 1. The normalized spacial score (nSPS) is 21.2. The second kappa shape index (κ2) is 7.51. The zero-order valence-electron chi connectivity index (χ0n) is 14.4. The SMILES string of the molecule is CCNS(=O)(=O)c1ccc(C)c(C(=O)N2CC(C(=O)O)O[C@H](C)C2)c1. The Morgan fingerprint density at radius 1 is 1.36 bits per heavy atom. The summed E-state index contributed by atoms with van der Waals surface area (Å²) in [6, 6.07) is 4.33. The summed E-state index contributed by atoms with van der Waals surface area (Å²) in [5, 5.41) is 9.14. The van der Waals surface area contributed by atoms with Crippen molar-refractivity contribution in [2.45, 2.75) is 37.9 Å². The van der Waals surface area contributed by atoms with Gasteiger partial charge in [0.05, 0.1) is 17.5 Å². The van der Waals surface area contributed by atoms with Crippen LogP contribution >= 0.6 is 0 Å². The Labute approximate surface area is 146 Å². The van der Waals surface area contributed by atoms with Gasteiger partial charge in [-0.2, -0.15) is 0 Å². The number of ether oxygens (including phenoxy) is 1. The third-order valence-electron chi connectivity index (χ3n) is 3.91. The summed E-state index contributed by atoms with van der Waals surface area (Å²) in [5.74, 6) is -1.54. The molecule has 2 atom stereocenters. The summed E-state index contributed by atoms with van der Waals surface area (Å²) in [4.78, 5) is 25.4. The monoisotopic (exact) mass is 370 g/mol. The molecule has 1 aromatic carbocycles. The highest BCUT2D eigenvalue weighted by molar-refractivity contribution is 7.89. The van der Waals surface area contributed by atoms with E-state index in [4.69, 9.17) is 9.84 Å². The molecule has 9 heteroatoms. The fraction of sp³-hybridized carbons (Fsp3) is 0.500. The highest BCUT2D eigenvalue weighted by Gasteiger charge is 2.33. The Morgan fingerprint density at radius 3 is 2.64 bits per heavy atom. The van der Waals surface area contributed by atoms with Crippen LogP contribution in [0.25, 0.3) is 0 Å². The van der Waals surface area contributed by atoms with Crippen LogP contribution < -0.4 is 4.72 Å². The third kappa shape index (κ3) is 4.36. The van der Waals surface area contributed by atoms with Crippen LogP contribution in [-0.4, -0.2) is 62.1 Å². The first-order valence-electron chi connectivity index (χ1n) is 7.93. The molecule has 0 aromatic heterocycles. The summed E-state index contributed by atoms with van der Waals surface area (Å²) in [7, 11) is -3.69. The largest absolute Gasteiger partial charge is 0.479 e. The maximum absolute atomic E-state index is 12.8. The molecule has 2 rings (SSSR count). The van der Waals surface area contributed by atoms with Crippen LogP contribution in [-0.2, 0) is 19.6 Å².